The largest absolute Gasteiger partial charge is 0.435 e. The summed E-state index contributed by atoms with van der Waals surface area (Å²) in [6.45, 7) is 3.44. The van der Waals surface area contributed by atoms with Gasteiger partial charge < -0.3 is 0 Å². The molecule has 1 aliphatic rings. The predicted octanol–water partition coefficient (Wildman–Crippen LogP) is 1.95. The molecule has 0 spiro atoms. The Kier molecular flexibility index (Phi) is 2.95. The van der Waals surface area contributed by atoms with E-state index in [0.29, 0.717) is 5.69 Å². The molecular formula is C10H13F3N2O2S. The molecule has 18 heavy (non-hydrogen) atoms. The molecule has 0 unspecified atom stereocenters. The minimum Gasteiger partial charge on any atom is -0.266 e. The molecule has 102 valence electrons. The van der Waals surface area contributed by atoms with Crippen LogP contribution in [0, 0.1) is 0 Å². The molecule has 0 aromatic carbocycles. The van der Waals surface area contributed by atoms with Gasteiger partial charge in [0.05, 0.1) is 11.5 Å². The van der Waals surface area contributed by atoms with Crippen molar-refractivity contribution < 1.29 is 21.6 Å². The maximum Gasteiger partial charge on any atom is 0.435 e. The van der Waals surface area contributed by atoms with Crippen molar-refractivity contribution in [2.75, 3.05) is 5.75 Å². The SMILES string of the molecule is CC(C)n1nc(C(F)(F)F)c2c1CCS(=O)(=O)C2. The fraction of sp³-hybridized carbons (Fsp3) is 0.700. The van der Waals surface area contributed by atoms with Gasteiger partial charge in [0.15, 0.2) is 15.5 Å². The Hall–Kier alpha value is -1.05. The number of nitrogens with zero attached hydrogens (tertiary/aromatic N) is 2. The first-order chi connectivity index (χ1) is 8.12. The van der Waals surface area contributed by atoms with Gasteiger partial charge in [-0.1, -0.05) is 0 Å². The van der Waals surface area contributed by atoms with E-state index in [1.54, 1.807) is 13.8 Å². The van der Waals surface area contributed by atoms with Gasteiger partial charge in [-0.2, -0.15) is 18.3 Å². The highest BCUT2D eigenvalue weighted by atomic mass is 32.2. The number of aromatic nitrogens is 2. The summed E-state index contributed by atoms with van der Waals surface area (Å²) in [4.78, 5) is 0. The van der Waals surface area contributed by atoms with E-state index >= 15 is 0 Å². The fourth-order valence-corrected chi connectivity index (χ4v) is 3.51. The zero-order valence-electron chi connectivity index (χ0n) is 9.95. The number of halogens is 3. The van der Waals surface area contributed by atoms with Crippen LogP contribution >= 0.6 is 0 Å². The molecule has 0 atom stereocenters. The summed E-state index contributed by atoms with van der Waals surface area (Å²) in [5, 5.41) is 3.56. The Balaban J connectivity index is 2.64. The topological polar surface area (TPSA) is 52.0 Å². The van der Waals surface area contributed by atoms with E-state index in [1.807, 2.05) is 0 Å². The average molecular weight is 282 g/mol. The highest BCUT2D eigenvalue weighted by Crippen LogP contribution is 2.36. The lowest BCUT2D eigenvalue weighted by Gasteiger charge is -2.16. The Bertz CT molecular complexity index is 573. The van der Waals surface area contributed by atoms with Crippen LogP contribution in [0.25, 0.3) is 0 Å². The summed E-state index contributed by atoms with van der Waals surface area (Å²) in [5.74, 6) is -0.681. The van der Waals surface area contributed by atoms with Gasteiger partial charge in [0, 0.05) is 23.7 Å². The molecule has 1 aromatic rings. The van der Waals surface area contributed by atoms with Crippen LogP contribution in [0.1, 0.15) is 36.8 Å². The van der Waals surface area contributed by atoms with E-state index in [4.69, 9.17) is 0 Å². The second-order valence-electron chi connectivity index (χ2n) is 4.65. The van der Waals surface area contributed by atoms with Crippen molar-refractivity contribution in [3.8, 4) is 0 Å². The van der Waals surface area contributed by atoms with Gasteiger partial charge in [-0.15, -0.1) is 0 Å². The maximum atomic E-state index is 12.8. The number of hydrogen-bond acceptors (Lipinski definition) is 3. The van der Waals surface area contributed by atoms with Crippen LogP contribution in [0.2, 0.25) is 0 Å². The summed E-state index contributed by atoms with van der Waals surface area (Å²) in [6, 6.07) is -0.226. The molecule has 0 saturated heterocycles. The molecule has 0 N–H and O–H groups in total. The standard InChI is InChI=1S/C10H13F3N2O2S/c1-6(2)15-8-3-4-18(16,17)5-7(8)9(14-15)10(11,12)13/h6H,3-5H2,1-2H3. The van der Waals surface area contributed by atoms with Gasteiger partial charge in [-0.05, 0) is 13.8 Å². The zero-order chi connectivity index (χ0) is 13.7. The lowest BCUT2D eigenvalue weighted by atomic mass is 10.1. The first kappa shape index (κ1) is 13.4. The Labute approximate surface area is 103 Å². The molecule has 0 fully saturated rings. The van der Waals surface area contributed by atoms with Crippen molar-refractivity contribution in [1.29, 1.82) is 0 Å². The van der Waals surface area contributed by atoms with Crippen molar-refractivity contribution in [3.05, 3.63) is 17.0 Å². The molecule has 4 nitrogen and oxygen atoms in total. The van der Waals surface area contributed by atoms with E-state index in [0.717, 1.165) is 0 Å². The number of fused-ring (bicyclic) bond motifs is 1. The molecule has 0 saturated carbocycles. The number of hydrogen-bond donors (Lipinski definition) is 0. The van der Waals surface area contributed by atoms with Crippen LogP contribution in [0.5, 0.6) is 0 Å². The normalized spacial score (nSPS) is 19.0. The monoisotopic (exact) mass is 282 g/mol. The van der Waals surface area contributed by atoms with Crippen LogP contribution in [0.15, 0.2) is 0 Å². The highest BCUT2D eigenvalue weighted by molar-refractivity contribution is 7.90. The average Bonchev–Trinajstić information content (AvgIpc) is 2.53. The van der Waals surface area contributed by atoms with E-state index in [9.17, 15) is 21.6 Å². The van der Waals surface area contributed by atoms with Crippen LogP contribution in [-0.2, 0) is 28.2 Å². The van der Waals surface area contributed by atoms with Crippen LogP contribution in [0.4, 0.5) is 13.2 Å². The lowest BCUT2D eigenvalue weighted by molar-refractivity contribution is -0.142. The predicted molar refractivity (Wildman–Crippen MR) is 58.8 cm³/mol. The summed E-state index contributed by atoms with van der Waals surface area (Å²) >= 11 is 0. The summed E-state index contributed by atoms with van der Waals surface area (Å²) in [7, 11) is -3.44. The number of alkyl halides is 3. The van der Waals surface area contributed by atoms with Crippen molar-refractivity contribution in [2.45, 2.75) is 38.2 Å². The quantitative estimate of drug-likeness (QED) is 0.791. The van der Waals surface area contributed by atoms with Gasteiger partial charge in [0.25, 0.3) is 0 Å². The first-order valence-corrected chi connectivity index (χ1v) is 7.32. The second-order valence-corrected chi connectivity index (χ2v) is 6.84. The third kappa shape index (κ3) is 2.25. The van der Waals surface area contributed by atoms with Gasteiger partial charge >= 0.3 is 6.18 Å². The molecule has 2 rings (SSSR count). The van der Waals surface area contributed by atoms with Crippen molar-refractivity contribution in [3.63, 3.8) is 0 Å². The molecular weight excluding hydrogens is 269 g/mol. The summed E-state index contributed by atoms with van der Waals surface area (Å²) in [5.41, 5.74) is -0.843. The fourth-order valence-electron chi connectivity index (χ4n) is 2.12. The minimum atomic E-state index is -4.61. The van der Waals surface area contributed by atoms with Gasteiger partial charge in [0.1, 0.15) is 0 Å². The highest BCUT2D eigenvalue weighted by Gasteiger charge is 2.42. The van der Waals surface area contributed by atoms with Crippen molar-refractivity contribution in [1.82, 2.24) is 9.78 Å². The van der Waals surface area contributed by atoms with E-state index in [1.165, 1.54) is 4.68 Å². The van der Waals surface area contributed by atoms with Crippen LogP contribution < -0.4 is 0 Å². The molecule has 2 heterocycles. The van der Waals surface area contributed by atoms with Gasteiger partial charge in [-0.3, -0.25) is 4.68 Å². The minimum absolute atomic E-state index is 0.0962. The maximum absolute atomic E-state index is 12.8. The molecule has 0 amide bonds. The molecule has 1 aliphatic heterocycles. The Morgan fingerprint density at radius 1 is 1.33 bits per heavy atom. The van der Waals surface area contributed by atoms with E-state index < -0.39 is 27.5 Å². The van der Waals surface area contributed by atoms with Gasteiger partial charge in [-0.25, -0.2) is 8.42 Å². The molecule has 0 aliphatic carbocycles. The first-order valence-electron chi connectivity index (χ1n) is 5.49. The zero-order valence-corrected chi connectivity index (χ0v) is 10.8. The molecule has 0 radical (unpaired) electrons. The lowest BCUT2D eigenvalue weighted by Crippen LogP contribution is -2.22. The molecule has 1 aromatic heterocycles. The third-order valence-electron chi connectivity index (χ3n) is 2.89. The van der Waals surface area contributed by atoms with E-state index in [-0.39, 0.29) is 23.8 Å². The van der Waals surface area contributed by atoms with Crippen molar-refractivity contribution >= 4 is 9.84 Å². The van der Waals surface area contributed by atoms with Gasteiger partial charge in [0.2, 0.25) is 0 Å². The second kappa shape index (κ2) is 3.97. The number of sulfone groups is 1. The third-order valence-corrected chi connectivity index (χ3v) is 4.44. The Morgan fingerprint density at radius 2 is 1.94 bits per heavy atom. The molecule has 0 bridgehead atoms. The van der Waals surface area contributed by atoms with Crippen LogP contribution in [0.3, 0.4) is 0 Å². The van der Waals surface area contributed by atoms with Crippen molar-refractivity contribution in [2.24, 2.45) is 0 Å². The number of rotatable bonds is 1. The smallest absolute Gasteiger partial charge is 0.266 e. The van der Waals surface area contributed by atoms with Crippen LogP contribution in [-0.4, -0.2) is 24.0 Å². The van der Waals surface area contributed by atoms with E-state index in [2.05, 4.69) is 5.10 Å². The summed E-state index contributed by atoms with van der Waals surface area (Å²) in [6.07, 6.45) is -4.52. The Morgan fingerprint density at radius 3 is 2.44 bits per heavy atom. The molecule has 8 heteroatoms. The summed E-state index contributed by atoms with van der Waals surface area (Å²) < 4.78 is 62.7.